The zero-order valence-electron chi connectivity index (χ0n) is 15.1. The first-order valence-electron chi connectivity index (χ1n) is 8.26. The van der Waals surface area contributed by atoms with E-state index in [1.165, 1.54) is 7.11 Å². The van der Waals surface area contributed by atoms with Gasteiger partial charge in [-0.15, -0.1) is 0 Å². The Hall–Kier alpha value is -2.37. The molecule has 0 saturated heterocycles. The first-order valence-corrected chi connectivity index (χ1v) is 8.64. The molecule has 0 fully saturated rings. The molecule has 0 aromatic heterocycles. The number of carbonyl (C=O) groups excluding carboxylic acids is 1. The van der Waals surface area contributed by atoms with Gasteiger partial charge in [0.1, 0.15) is 6.61 Å². The Bertz CT molecular complexity index is 759. The molecular formula is C20H22ClNO4. The van der Waals surface area contributed by atoms with Gasteiger partial charge in [0, 0.05) is 12.1 Å². The highest BCUT2D eigenvalue weighted by Gasteiger charge is 2.24. The molecule has 0 bridgehead atoms. The average molecular weight is 376 g/mol. The largest absolute Gasteiger partial charge is 0.464 e. The number of methoxy groups -OCH3 is 1. The van der Waals surface area contributed by atoms with Crippen molar-refractivity contribution in [2.45, 2.75) is 26.6 Å². The van der Waals surface area contributed by atoms with Crippen molar-refractivity contribution in [3.05, 3.63) is 70.2 Å². The number of ether oxygens (including phenoxy) is 2. The lowest BCUT2D eigenvalue weighted by Crippen LogP contribution is -2.19. The first-order chi connectivity index (χ1) is 12.6. The van der Waals surface area contributed by atoms with Crippen LogP contribution in [0.1, 0.15) is 36.6 Å². The summed E-state index contributed by atoms with van der Waals surface area (Å²) < 4.78 is 10.4. The van der Waals surface area contributed by atoms with Gasteiger partial charge >= 0.3 is 5.97 Å². The number of nitrogens with zero attached hydrogens (tertiary/aromatic N) is 1. The zero-order valence-corrected chi connectivity index (χ0v) is 15.8. The maximum absolute atomic E-state index is 12.1. The minimum absolute atomic E-state index is 0.209. The molecule has 138 valence electrons. The standard InChI is InChI=1S/C20H22ClNO4/c1-4-25-20(23)19(24-3)18-8-6-5-7-16(18)13-26-22-14(2)15-9-11-17(21)12-10-15/h5-12,19H,4,13H2,1-3H3/b22-14+. The molecule has 2 aromatic rings. The summed E-state index contributed by atoms with van der Waals surface area (Å²) in [6.45, 7) is 4.11. The predicted octanol–water partition coefficient (Wildman–Crippen LogP) is 4.53. The van der Waals surface area contributed by atoms with Gasteiger partial charge in [0.25, 0.3) is 0 Å². The topological polar surface area (TPSA) is 57.1 Å². The van der Waals surface area contributed by atoms with E-state index in [2.05, 4.69) is 5.16 Å². The van der Waals surface area contributed by atoms with Crippen molar-refractivity contribution in [2.75, 3.05) is 13.7 Å². The first kappa shape index (κ1) is 19.9. The van der Waals surface area contributed by atoms with Crippen LogP contribution >= 0.6 is 11.6 Å². The Labute approximate surface area is 158 Å². The summed E-state index contributed by atoms with van der Waals surface area (Å²) in [6, 6.07) is 14.7. The third-order valence-corrected chi connectivity index (χ3v) is 4.01. The Morgan fingerprint density at radius 1 is 1.15 bits per heavy atom. The summed E-state index contributed by atoms with van der Waals surface area (Å²) in [4.78, 5) is 17.6. The van der Waals surface area contributed by atoms with Crippen molar-refractivity contribution in [2.24, 2.45) is 5.16 Å². The fourth-order valence-electron chi connectivity index (χ4n) is 2.43. The number of rotatable bonds is 8. The lowest BCUT2D eigenvalue weighted by atomic mass is 10.0. The minimum Gasteiger partial charge on any atom is -0.464 e. The van der Waals surface area contributed by atoms with Crippen LogP contribution in [0, 0.1) is 0 Å². The van der Waals surface area contributed by atoms with Crippen molar-refractivity contribution in [1.29, 1.82) is 0 Å². The minimum atomic E-state index is -0.795. The van der Waals surface area contributed by atoms with Crippen molar-refractivity contribution in [3.63, 3.8) is 0 Å². The second-order valence-corrected chi connectivity index (χ2v) is 5.96. The van der Waals surface area contributed by atoms with E-state index < -0.39 is 12.1 Å². The predicted molar refractivity (Wildman–Crippen MR) is 101 cm³/mol. The molecule has 1 atom stereocenters. The molecule has 0 aliphatic carbocycles. The van der Waals surface area contributed by atoms with Gasteiger partial charge in [-0.25, -0.2) is 4.79 Å². The molecule has 5 nitrogen and oxygen atoms in total. The Kier molecular flexibility index (Phi) is 7.63. The van der Waals surface area contributed by atoms with Crippen LogP contribution < -0.4 is 0 Å². The summed E-state index contributed by atoms with van der Waals surface area (Å²) in [7, 11) is 1.47. The van der Waals surface area contributed by atoms with Crippen LogP contribution in [0.4, 0.5) is 0 Å². The second kappa shape index (κ2) is 9.94. The third-order valence-electron chi connectivity index (χ3n) is 3.76. The van der Waals surface area contributed by atoms with Crippen LogP contribution in [0.5, 0.6) is 0 Å². The number of oxime groups is 1. The fraction of sp³-hybridized carbons (Fsp3) is 0.300. The molecule has 1 unspecified atom stereocenters. The van der Waals surface area contributed by atoms with E-state index in [1.54, 1.807) is 19.1 Å². The Morgan fingerprint density at radius 3 is 2.50 bits per heavy atom. The number of esters is 1. The average Bonchev–Trinajstić information content (AvgIpc) is 2.64. The van der Waals surface area contributed by atoms with Crippen molar-refractivity contribution in [1.82, 2.24) is 0 Å². The smallest absolute Gasteiger partial charge is 0.339 e. The van der Waals surface area contributed by atoms with Gasteiger partial charge in [-0.3, -0.25) is 0 Å². The van der Waals surface area contributed by atoms with E-state index in [4.69, 9.17) is 25.9 Å². The monoisotopic (exact) mass is 375 g/mol. The van der Waals surface area contributed by atoms with Crippen molar-refractivity contribution < 1.29 is 19.1 Å². The summed E-state index contributed by atoms with van der Waals surface area (Å²) >= 11 is 5.89. The van der Waals surface area contributed by atoms with Gasteiger partial charge in [0.2, 0.25) is 0 Å². The number of hydrogen-bond acceptors (Lipinski definition) is 5. The Morgan fingerprint density at radius 2 is 1.85 bits per heavy atom. The maximum Gasteiger partial charge on any atom is 0.339 e. The third kappa shape index (κ3) is 5.31. The van der Waals surface area contributed by atoms with Gasteiger partial charge in [-0.2, -0.15) is 0 Å². The molecule has 0 saturated carbocycles. The van der Waals surface area contributed by atoms with E-state index in [-0.39, 0.29) is 6.61 Å². The highest BCUT2D eigenvalue weighted by molar-refractivity contribution is 6.30. The molecule has 0 aliphatic rings. The lowest BCUT2D eigenvalue weighted by molar-refractivity contribution is -0.155. The molecule has 0 aliphatic heterocycles. The number of benzene rings is 2. The highest BCUT2D eigenvalue weighted by atomic mass is 35.5. The Balaban J connectivity index is 2.11. The van der Waals surface area contributed by atoms with E-state index >= 15 is 0 Å². The van der Waals surface area contributed by atoms with Crippen LogP contribution in [0.2, 0.25) is 5.02 Å². The number of hydrogen-bond donors (Lipinski definition) is 0. The van der Waals surface area contributed by atoms with Gasteiger partial charge in [0.05, 0.1) is 12.3 Å². The quantitative estimate of drug-likeness (QED) is 0.386. The number of carbonyl (C=O) groups is 1. The van der Waals surface area contributed by atoms with E-state index in [0.717, 1.165) is 16.8 Å². The van der Waals surface area contributed by atoms with Gasteiger partial charge in [0.15, 0.2) is 6.10 Å². The van der Waals surface area contributed by atoms with E-state index in [1.807, 2.05) is 43.3 Å². The summed E-state index contributed by atoms with van der Waals surface area (Å²) in [5.41, 5.74) is 3.16. The van der Waals surface area contributed by atoms with Crippen LogP contribution in [-0.4, -0.2) is 25.4 Å². The fourth-order valence-corrected chi connectivity index (χ4v) is 2.56. The zero-order chi connectivity index (χ0) is 18.9. The molecule has 26 heavy (non-hydrogen) atoms. The van der Waals surface area contributed by atoms with E-state index in [9.17, 15) is 4.79 Å². The summed E-state index contributed by atoms with van der Waals surface area (Å²) in [5, 5.41) is 4.81. The molecular weight excluding hydrogens is 354 g/mol. The number of halogens is 1. The molecule has 0 amide bonds. The van der Waals surface area contributed by atoms with Crippen molar-refractivity contribution >= 4 is 23.3 Å². The van der Waals surface area contributed by atoms with Crippen LogP contribution in [0.3, 0.4) is 0 Å². The van der Waals surface area contributed by atoms with Gasteiger partial charge in [-0.1, -0.05) is 53.2 Å². The highest BCUT2D eigenvalue weighted by Crippen LogP contribution is 2.23. The second-order valence-electron chi connectivity index (χ2n) is 5.52. The van der Waals surface area contributed by atoms with Crippen molar-refractivity contribution in [3.8, 4) is 0 Å². The van der Waals surface area contributed by atoms with E-state index in [0.29, 0.717) is 17.2 Å². The molecule has 2 rings (SSSR count). The summed E-state index contributed by atoms with van der Waals surface area (Å²) in [6.07, 6.45) is -0.795. The van der Waals surface area contributed by atoms with Gasteiger partial charge in [-0.05, 0) is 42.7 Å². The summed E-state index contributed by atoms with van der Waals surface area (Å²) in [5.74, 6) is -0.428. The SMILES string of the molecule is CCOC(=O)C(OC)c1ccccc1CO/N=C(\C)c1ccc(Cl)cc1. The lowest BCUT2D eigenvalue weighted by Gasteiger charge is -2.17. The molecule has 6 heteroatoms. The molecule has 0 heterocycles. The normalized spacial score (nSPS) is 12.5. The molecule has 2 aromatic carbocycles. The molecule has 0 N–H and O–H groups in total. The molecule has 0 radical (unpaired) electrons. The molecule has 0 spiro atoms. The van der Waals surface area contributed by atoms with Crippen LogP contribution in [0.25, 0.3) is 0 Å². The van der Waals surface area contributed by atoms with Gasteiger partial charge < -0.3 is 14.3 Å². The maximum atomic E-state index is 12.1. The van der Waals surface area contributed by atoms with Crippen LogP contribution in [0.15, 0.2) is 53.7 Å². The van der Waals surface area contributed by atoms with Crippen LogP contribution in [-0.2, 0) is 25.7 Å².